The second-order valence-corrected chi connectivity index (χ2v) is 14.7. The molecule has 0 aromatic carbocycles. The highest BCUT2D eigenvalue weighted by molar-refractivity contribution is 5.70. The number of hydrogen-bond donors (Lipinski definition) is 0. The van der Waals surface area contributed by atoms with E-state index >= 15 is 0 Å². The fourth-order valence-corrected chi connectivity index (χ4v) is 7.11. The first-order valence-electron chi connectivity index (χ1n) is 20.4. The molecule has 372 valence electrons. The SMILES string of the molecule is CCO[C@@H]1O[C@H](CO[C@H]2O[C@H](CO[C@H]3O[C@H](COC(C)=O)[C@H](OC(C)=O)[C@H](OC(C)=O)[C@H]3OC(C)=O)[C@H](OC(C)=O)[C@H](OC(C)=O)[C@H]2OC(C)=O)[C@@H](OC(C)=O)[C@H](OC(C)=O)[C@H]1OC(C)=O. The fourth-order valence-electron chi connectivity index (χ4n) is 7.11. The quantitative estimate of drug-likeness (QED) is 0.113. The van der Waals surface area contributed by atoms with Crippen molar-refractivity contribution in [2.45, 2.75) is 168 Å². The highest BCUT2D eigenvalue weighted by atomic mass is 16.8. The monoisotopic (exact) mass is 952 g/mol. The van der Waals surface area contributed by atoms with Crippen molar-refractivity contribution >= 4 is 59.7 Å². The molecule has 3 fully saturated rings. The maximum Gasteiger partial charge on any atom is 0.303 e. The normalized spacial score (nSPS) is 31.7. The topological polar surface area (TPSA) is 318 Å². The summed E-state index contributed by atoms with van der Waals surface area (Å²) in [4.78, 5) is 124. The third-order valence-corrected chi connectivity index (χ3v) is 9.12. The molecule has 0 bridgehead atoms. The summed E-state index contributed by atoms with van der Waals surface area (Å²) in [6.45, 7) is 9.71. The molecular weight excluding hydrogens is 896 g/mol. The van der Waals surface area contributed by atoms with Crippen LogP contribution in [0.2, 0.25) is 0 Å². The lowest BCUT2D eigenvalue weighted by Crippen LogP contribution is -2.65. The molecule has 66 heavy (non-hydrogen) atoms. The average Bonchev–Trinajstić information content (AvgIpc) is 3.17. The van der Waals surface area contributed by atoms with Gasteiger partial charge in [-0.2, -0.15) is 0 Å². The smallest absolute Gasteiger partial charge is 0.303 e. The summed E-state index contributed by atoms with van der Waals surface area (Å²) in [5, 5.41) is 0. The molecule has 0 aromatic heterocycles. The van der Waals surface area contributed by atoms with E-state index in [4.69, 9.17) is 75.8 Å². The third kappa shape index (κ3) is 16.4. The molecule has 0 radical (unpaired) electrons. The van der Waals surface area contributed by atoms with Gasteiger partial charge in [0.05, 0.1) is 13.2 Å². The Morgan fingerprint density at radius 1 is 0.303 bits per heavy atom. The molecule has 26 nitrogen and oxygen atoms in total. The van der Waals surface area contributed by atoms with Crippen LogP contribution in [0.25, 0.3) is 0 Å². The van der Waals surface area contributed by atoms with Crippen LogP contribution in [0.1, 0.15) is 76.2 Å². The Kier molecular flexibility index (Phi) is 21.1. The summed E-state index contributed by atoms with van der Waals surface area (Å²) < 4.78 is 90.6. The minimum atomic E-state index is -1.83. The molecule has 3 aliphatic heterocycles. The standard InChI is InChI=1S/C40H56O26/c1-12-51-38-35(61-23(9)48)32(58-20(6)45)30(56-18(4)43)27(64-38)14-53-40-37(63-25(11)50)34(60-22(8)47)31(57-19(5)44)28(66-40)15-54-39-36(62-24(10)49)33(59-21(7)46)29(55-17(3)42)26(65-39)13-52-16(2)41/h26-40H,12-15H2,1-11H3/t26-,27-,28-,29+,30-,31+,32+,33+,34+,35-,36-,37-,38-,39+,40+/m1/s1. The zero-order valence-corrected chi connectivity index (χ0v) is 38.1. The molecule has 26 heteroatoms. The van der Waals surface area contributed by atoms with Gasteiger partial charge >= 0.3 is 59.7 Å². The predicted octanol–water partition coefficient (Wildman–Crippen LogP) is -0.821. The molecule has 0 saturated carbocycles. The molecule has 3 rings (SSSR count). The largest absolute Gasteiger partial charge is 0.463 e. The Labute approximate surface area is 377 Å². The van der Waals surface area contributed by atoms with E-state index in [0.29, 0.717) is 0 Å². The van der Waals surface area contributed by atoms with Crippen molar-refractivity contribution in [1.29, 1.82) is 0 Å². The van der Waals surface area contributed by atoms with Gasteiger partial charge < -0.3 is 75.8 Å². The van der Waals surface area contributed by atoms with Gasteiger partial charge in [-0.25, -0.2) is 0 Å². The maximum atomic E-state index is 12.6. The van der Waals surface area contributed by atoms with Crippen LogP contribution >= 0.6 is 0 Å². The average molecular weight is 953 g/mol. The number of carbonyl (C=O) groups excluding carboxylic acids is 10. The molecule has 15 atom stereocenters. The van der Waals surface area contributed by atoms with Gasteiger partial charge in [-0.1, -0.05) is 0 Å². The van der Waals surface area contributed by atoms with E-state index in [9.17, 15) is 47.9 Å². The molecule has 0 N–H and O–H groups in total. The minimum Gasteiger partial charge on any atom is -0.463 e. The lowest BCUT2D eigenvalue weighted by molar-refractivity contribution is -0.345. The Hall–Kier alpha value is -5.54. The molecule has 0 unspecified atom stereocenters. The van der Waals surface area contributed by atoms with Crippen LogP contribution in [0.15, 0.2) is 0 Å². The number of carbonyl (C=O) groups is 10. The van der Waals surface area contributed by atoms with E-state index in [2.05, 4.69) is 0 Å². The second kappa shape index (κ2) is 25.4. The van der Waals surface area contributed by atoms with Crippen molar-refractivity contribution in [3.63, 3.8) is 0 Å². The predicted molar refractivity (Wildman–Crippen MR) is 206 cm³/mol. The van der Waals surface area contributed by atoms with E-state index in [0.717, 1.165) is 69.2 Å². The number of esters is 10. The molecule has 0 spiro atoms. The van der Waals surface area contributed by atoms with Crippen molar-refractivity contribution in [3.8, 4) is 0 Å². The Morgan fingerprint density at radius 2 is 0.530 bits per heavy atom. The third-order valence-electron chi connectivity index (χ3n) is 9.12. The summed E-state index contributed by atoms with van der Waals surface area (Å²) in [5.41, 5.74) is 0. The first kappa shape index (κ1) is 54.8. The van der Waals surface area contributed by atoms with Crippen LogP contribution in [0, 0.1) is 0 Å². The lowest BCUT2D eigenvalue weighted by Gasteiger charge is -2.47. The zero-order valence-electron chi connectivity index (χ0n) is 38.1. The summed E-state index contributed by atoms with van der Waals surface area (Å²) in [5.74, 6) is -9.07. The van der Waals surface area contributed by atoms with Crippen molar-refractivity contribution in [2.24, 2.45) is 0 Å². The second-order valence-electron chi connectivity index (χ2n) is 14.7. The Bertz CT molecular complexity index is 1770. The van der Waals surface area contributed by atoms with Gasteiger partial charge in [0.25, 0.3) is 0 Å². The van der Waals surface area contributed by atoms with Crippen LogP contribution in [0.5, 0.6) is 0 Å². The van der Waals surface area contributed by atoms with E-state index in [1.807, 2.05) is 0 Å². The fraction of sp³-hybridized carbons (Fsp3) is 0.750. The summed E-state index contributed by atoms with van der Waals surface area (Å²) in [6.07, 6.45) is -24.3. The minimum absolute atomic E-state index is 0.0237. The Morgan fingerprint density at radius 3 is 0.773 bits per heavy atom. The van der Waals surface area contributed by atoms with Crippen LogP contribution in [-0.2, 0) is 124 Å². The highest BCUT2D eigenvalue weighted by Gasteiger charge is 2.57. The van der Waals surface area contributed by atoms with Gasteiger partial charge in [0, 0.05) is 75.8 Å². The molecule has 3 heterocycles. The van der Waals surface area contributed by atoms with Gasteiger partial charge in [0.1, 0.15) is 24.9 Å². The molecular formula is C40H56O26. The Balaban J connectivity index is 2.13. The molecule has 0 aliphatic carbocycles. The van der Waals surface area contributed by atoms with Gasteiger partial charge in [-0.15, -0.1) is 0 Å². The van der Waals surface area contributed by atoms with Crippen LogP contribution in [-0.4, -0.2) is 178 Å². The van der Waals surface area contributed by atoms with Crippen LogP contribution < -0.4 is 0 Å². The number of ether oxygens (including phenoxy) is 16. The highest BCUT2D eigenvalue weighted by Crippen LogP contribution is 2.35. The van der Waals surface area contributed by atoms with Crippen molar-refractivity contribution < 1.29 is 124 Å². The van der Waals surface area contributed by atoms with E-state index in [1.54, 1.807) is 6.92 Å². The summed E-state index contributed by atoms with van der Waals surface area (Å²) >= 11 is 0. The van der Waals surface area contributed by atoms with Gasteiger partial charge in [-0.05, 0) is 6.92 Å². The summed E-state index contributed by atoms with van der Waals surface area (Å²) in [7, 11) is 0. The van der Waals surface area contributed by atoms with Gasteiger partial charge in [0.15, 0.2) is 73.8 Å². The van der Waals surface area contributed by atoms with Gasteiger partial charge in [0.2, 0.25) is 0 Å². The van der Waals surface area contributed by atoms with Crippen molar-refractivity contribution in [3.05, 3.63) is 0 Å². The summed E-state index contributed by atoms with van der Waals surface area (Å²) in [6, 6.07) is 0. The van der Waals surface area contributed by atoms with E-state index in [1.165, 1.54) is 0 Å². The zero-order chi connectivity index (χ0) is 49.6. The number of hydrogen-bond acceptors (Lipinski definition) is 26. The first-order valence-corrected chi connectivity index (χ1v) is 20.4. The lowest BCUT2D eigenvalue weighted by atomic mass is 9.96. The van der Waals surface area contributed by atoms with E-state index < -0.39 is 172 Å². The first-order chi connectivity index (χ1) is 30.9. The van der Waals surface area contributed by atoms with Gasteiger partial charge in [-0.3, -0.25) is 47.9 Å². The molecule has 0 amide bonds. The van der Waals surface area contributed by atoms with E-state index in [-0.39, 0.29) is 6.61 Å². The molecule has 3 aliphatic rings. The van der Waals surface area contributed by atoms with Crippen LogP contribution in [0.3, 0.4) is 0 Å². The molecule has 0 aromatic rings. The van der Waals surface area contributed by atoms with Crippen molar-refractivity contribution in [2.75, 3.05) is 26.4 Å². The maximum absolute atomic E-state index is 12.6. The number of rotatable bonds is 19. The molecule has 3 saturated heterocycles. The van der Waals surface area contributed by atoms with Crippen molar-refractivity contribution in [1.82, 2.24) is 0 Å². The van der Waals surface area contributed by atoms with Crippen LogP contribution in [0.4, 0.5) is 0 Å².